The van der Waals surface area contributed by atoms with E-state index in [1.807, 2.05) is 20.0 Å². The Hall–Kier alpha value is -3.30. The molecule has 140 valence electrons. The Morgan fingerprint density at radius 1 is 1.19 bits per heavy atom. The Morgan fingerprint density at radius 2 is 2.00 bits per heavy atom. The molecule has 0 unspecified atom stereocenters. The molecule has 10 heteroatoms. The van der Waals surface area contributed by atoms with Crippen LogP contribution in [0.3, 0.4) is 0 Å². The number of nitrogens with zero attached hydrogens (tertiary/aromatic N) is 8. The minimum atomic E-state index is -0.194. The molecule has 10 nitrogen and oxygen atoms in total. The van der Waals surface area contributed by atoms with Gasteiger partial charge in [-0.1, -0.05) is 25.9 Å². The Balaban J connectivity index is 1.80. The highest BCUT2D eigenvalue weighted by atomic mass is 16.5. The van der Waals surface area contributed by atoms with Gasteiger partial charge in [-0.2, -0.15) is 9.61 Å². The van der Waals surface area contributed by atoms with E-state index in [-0.39, 0.29) is 12.0 Å². The van der Waals surface area contributed by atoms with Crippen LogP contribution in [0.5, 0.6) is 5.88 Å². The molecular formula is C17H20N8O2. The first-order valence-electron chi connectivity index (χ1n) is 8.49. The fourth-order valence-corrected chi connectivity index (χ4v) is 2.68. The predicted molar refractivity (Wildman–Crippen MR) is 95.1 cm³/mol. The minimum absolute atomic E-state index is 0.194. The first-order chi connectivity index (χ1) is 12.8. The summed E-state index contributed by atoms with van der Waals surface area (Å²) in [5.41, 5.74) is 1.91. The number of aryl methyl sites for hydroxylation is 2. The summed E-state index contributed by atoms with van der Waals surface area (Å²) in [4.78, 5) is 4.19. The average Bonchev–Trinajstić information content (AvgIpc) is 3.31. The quantitative estimate of drug-likeness (QED) is 0.539. The first kappa shape index (κ1) is 17.1. The van der Waals surface area contributed by atoms with Crippen molar-refractivity contribution >= 4 is 5.65 Å². The lowest BCUT2D eigenvalue weighted by Crippen LogP contribution is -2.17. The van der Waals surface area contributed by atoms with Gasteiger partial charge in [-0.25, -0.2) is 4.98 Å². The Labute approximate surface area is 155 Å². The molecular weight excluding hydrogens is 348 g/mol. The van der Waals surface area contributed by atoms with Crippen LogP contribution >= 0.6 is 0 Å². The maximum Gasteiger partial charge on any atom is 0.236 e. The van der Waals surface area contributed by atoms with Crippen molar-refractivity contribution in [1.29, 1.82) is 0 Å². The summed E-state index contributed by atoms with van der Waals surface area (Å²) >= 11 is 0. The maximum absolute atomic E-state index is 6.01. The average molecular weight is 368 g/mol. The van der Waals surface area contributed by atoms with E-state index < -0.39 is 0 Å². The normalized spacial score (nSPS) is 12.0. The highest BCUT2D eigenvalue weighted by Crippen LogP contribution is 2.31. The van der Waals surface area contributed by atoms with Crippen molar-refractivity contribution in [3.8, 4) is 17.4 Å². The van der Waals surface area contributed by atoms with Gasteiger partial charge in [-0.05, 0) is 18.4 Å². The lowest BCUT2D eigenvalue weighted by atomic mass is 9.88. The zero-order valence-corrected chi connectivity index (χ0v) is 15.8. The van der Waals surface area contributed by atoms with Gasteiger partial charge in [0.05, 0.1) is 0 Å². The van der Waals surface area contributed by atoms with E-state index in [1.54, 1.807) is 15.3 Å². The van der Waals surface area contributed by atoms with Crippen molar-refractivity contribution in [1.82, 2.24) is 39.7 Å². The van der Waals surface area contributed by atoms with Gasteiger partial charge in [0.15, 0.2) is 17.2 Å². The summed E-state index contributed by atoms with van der Waals surface area (Å²) in [6.07, 6.45) is 1.49. The Kier molecular flexibility index (Phi) is 3.90. The van der Waals surface area contributed by atoms with E-state index in [1.165, 1.54) is 6.33 Å². The molecule has 0 saturated heterocycles. The van der Waals surface area contributed by atoms with Crippen molar-refractivity contribution in [2.45, 2.75) is 39.7 Å². The van der Waals surface area contributed by atoms with Gasteiger partial charge < -0.3 is 9.26 Å². The molecule has 0 aromatic carbocycles. The van der Waals surface area contributed by atoms with Crippen LogP contribution in [0.2, 0.25) is 0 Å². The summed E-state index contributed by atoms with van der Waals surface area (Å²) in [5.74, 6) is 2.37. The van der Waals surface area contributed by atoms with E-state index in [0.29, 0.717) is 34.6 Å². The lowest BCUT2D eigenvalue weighted by Gasteiger charge is -2.21. The molecule has 0 spiro atoms. The van der Waals surface area contributed by atoms with Crippen molar-refractivity contribution in [3.05, 3.63) is 35.6 Å². The number of fused-ring (bicyclic) bond motifs is 1. The van der Waals surface area contributed by atoms with Gasteiger partial charge in [0.25, 0.3) is 0 Å². The predicted octanol–water partition coefficient (Wildman–Crippen LogP) is 2.09. The van der Waals surface area contributed by atoms with Gasteiger partial charge >= 0.3 is 0 Å². The number of hydrogen-bond donors (Lipinski definition) is 0. The van der Waals surface area contributed by atoms with Gasteiger partial charge in [-0.3, -0.25) is 4.68 Å². The van der Waals surface area contributed by atoms with Crippen molar-refractivity contribution < 1.29 is 9.26 Å². The van der Waals surface area contributed by atoms with Crippen LogP contribution in [-0.4, -0.2) is 39.7 Å². The molecule has 4 aromatic rings. The molecule has 4 aromatic heterocycles. The van der Waals surface area contributed by atoms with Crippen LogP contribution in [-0.2, 0) is 19.1 Å². The molecule has 0 amide bonds. The van der Waals surface area contributed by atoms with Gasteiger partial charge in [0, 0.05) is 18.7 Å². The molecule has 0 bridgehead atoms. The molecule has 0 aliphatic heterocycles. The Morgan fingerprint density at radius 3 is 2.63 bits per heavy atom. The SMILES string of the molecule is Cc1cc(-c2nnc3cc(C(C)(C)C)c(OCc4ncnn4C)nn23)no1. The smallest absolute Gasteiger partial charge is 0.236 e. The molecule has 4 rings (SSSR count). The summed E-state index contributed by atoms with van der Waals surface area (Å²) in [6, 6.07) is 3.72. The zero-order chi connectivity index (χ0) is 19.2. The minimum Gasteiger partial charge on any atom is -0.468 e. The summed E-state index contributed by atoms with van der Waals surface area (Å²) in [7, 11) is 1.82. The van der Waals surface area contributed by atoms with Crippen LogP contribution in [0.15, 0.2) is 23.0 Å². The summed E-state index contributed by atoms with van der Waals surface area (Å²) < 4.78 is 14.4. The number of hydrogen-bond acceptors (Lipinski definition) is 8. The third-order valence-corrected chi connectivity index (χ3v) is 4.17. The monoisotopic (exact) mass is 368 g/mol. The third-order valence-electron chi connectivity index (χ3n) is 4.17. The molecule has 27 heavy (non-hydrogen) atoms. The molecule has 0 N–H and O–H groups in total. The first-order valence-corrected chi connectivity index (χ1v) is 8.49. The van der Waals surface area contributed by atoms with Gasteiger partial charge in [-0.15, -0.1) is 15.3 Å². The summed E-state index contributed by atoms with van der Waals surface area (Å²) in [5, 5.41) is 21.2. The number of rotatable bonds is 4. The summed E-state index contributed by atoms with van der Waals surface area (Å²) in [6.45, 7) is 8.34. The molecule has 0 aliphatic carbocycles. The lowest BCUT2D eigenvalue weighted by molar-refractivity contribution is 0.266. The van der Waals surface area contributed by atoms with Crippen molar-refractivity contribution in [2.24, 2.45) is 7.05 Å². The molecule has 4 heterocycles. The topological polar surface area (TPSA) is 109 Å². The fraction of sp³-hybridized carbons (Fsp3) is 0.412. The van der Waals surface area contributed by atoms with Crippen LogP contribution < -0.4 is 4.74 Å². The van der Waals surface area contributed by atoms with E-state index in [4.69, 9.17) is 9.26 Å². The second kappa shape index (κ2) is 6.15. The molecule has 0 radical (unpaired) electrons. The zero-order valence-electron chi connectivity index (χ0n) is 15.8. The van der Waals surface area contributed by atoms with Crippen molar-refractivity contribution in [2.75, 3.05) is 0 Å². The van der Waals surface area contributed by atoms with Crippen LogP contribution in [0.4, 0.5) is 0 Å². The van der Waals surface area contributed by atoms with E-state index in [0.717, 1.165) is 5.56 Å². The van der Waals surface area contributed by atoms with E-state index in [2.05, 4.69) is 51.3 Å². The highest BCUT2D eigenvalue weighted by molar-refractivity contribution is 5.56. The number of ether oxygens (including phenoxy) is 1. The largest absolute Gasteiger partial charge is 0.468 e. The van der Waals surface area contributed by atoms with Crippen molar-refractivity contribution in [3.63, 3.8) is 0 Å². The highest BCUT2D eigenvalue weighted by Gasteiger charge is 2.24. The van der Waals surface area contributed by atoms with Crippen LogP contribution in [0.1, 0.15) is 37.9 Å². The molecule has 0 atom stereocenters. The molecule has 0 saturated carbocycles. The Bertz CT molecular complexity index is 1100. The van der Waals surface area contributed by atoms with E-state index in [9.17, 15) is 0 Å². The second-order valence-electron chi connectivity index (χ2n) is 7.32. The molecule has 0 fully saturated rings. The van der Waals surface area contributed by atoms with Gasteiger partial charge in [0.2, 0.25) is 11.7 Å². The maximum atomic E-state index is 6.01. The number of aromatic nitrogens is 8. The second-order valence-corrected chi connectivity index (χ2v) is 7.32. The standard InChI is InChI=1S/C17H20N8O2/c1-10-6-12(23-27-10)15-21-20-13-7-11(17(2,3)4)16(22-25(13)15)26-8-14-18-9-19-24(14)5/h6-7,9H,8H2,1-5H3. The fourth-order valence-electron chi connectivity index (χ4n) is 2.68. The van der Waals surface area contributed by atoms with Crippen LogP contribution in [0, 0.1) is 6.92 Å². The van der Waals surface area contributed by atoms with Crippen LogP contribution in [0.25, 0.3) is 17.2 Å². The van der Waals surface area contributed by atoms with Gasteiger partial charge in [0.1, 0.15) is 18.7 Å². The third kappa shape index (κ3) is 3.14. The molecule has 0 aliphatic rings. The van der Waals surface area contributed by atoms with E-state index >= 15 is 0 Å².